The molecule has 156 valence electrons. The molecule has 1 aliphatic carbocycles. The average Bonchev–Trinajstić information content (AvgIpc) is 2.77. The number of rotatable bonds is 5. The van der Waals surface area contributed by atoms with Gasteiger partial charge in [-0.15, -0.1) is 0 Å². The first-order valence-corrected chi connectivity index (χ1v) is 10.9. The summed E-state index contributed by atoms with van der Waals surface area (Å²) in [6.45, 7) is 15.6. The van der Waals surface area contributed by atoms with Crippen molar-refractivity contribution in [1.29, 1.82) is 0 Å². The number of nitrogens with one attached hydrogen (secondary N) is 1. The van der Waals surface area contributed by atoms with Crippen molar-refractivity contribution in [1.82, 2.24) is 0 Å². The molecule has 1 heteroatoms. The molecule has 0 fully saturated rings. The molecule has 0 spiro atoms. The highest BCUT2D eigenvalue weighted by Crippen LogP contribution is 2.43. The van der Waals surface area contributed by atoms with E-state index in [4.69, 9.17) is 0 Å². The van der Waals surface area contributed by atoms with Crippen LogP contribution in [0.3, 0.4) is 0 Å². The van der Waals surface area contributed by atoms with Gasteiger partial charge in [-0.3, -0.25) is 0 Å². The van der Waals surface area contributed by atoms with E-state index in [0.29, 0.717) is 0 Å². The van der Waals surface area contributed by atoms with E-state index in [0.717, 1.165) is 29.7 Å². The quantitative estimate of drug-likeness (QED) is 0.457. The molecule has 4 rings (SSSR count). The number of hydrogen-bond donors (Lipinski definition) is 1. The molecule has 0 saturated heterocycles. The predicted octanol–water partition coefficient (Wildman–Crippen LogP) is 7.78. The summed E-state index contributed by atoms with van der Waals surface area (Å²) in [5.41, 5.74) is 15.1. The van der Waals surface area contributed by atoms with Crippen LogP contribution in [0.15, 0.2) is 79.4 Å². The highest BCUT2D eigenvalue weighted by molar-refractivity contribution is 5.96. The summed E-state index contributed by atoms with van der Waals surface area (Å²) in [6.07, 6.45) is 1.73. The lowest BCUT2D eigenvalue weighted by atomic mass is 9.76. The highest BCUT2D eigenvalue weighted by Gasteiger charge is 2.24. The third-order valence-electron chi connectivity index (χ3n) is 6.58. The summed E-state index contributed by atoms with van der Waals surface area (Å²) in [6, 6.07) is 21.9. The van der Waals surface area contributed by atoms with Crippen LogP contribution < -0.4 is 5.32 Å². The Morgan fingerprint density at radius 1 is 0.903 bits per heavy atom. The van der Waals surface area contributed by atoms with Gasteiger partial charge in [0.1, 0.15) is 0 Å². The predicted molar refractivity (Wildman–Crippen MR) is 136 cm³/mol. The number of allylic oxidation sites excluding steroid dienone is 4. The van der Waals surface area contributed by atoms with Crippen LogP contribution in [0, 0.1) is 20.8 Å². The summed E-state index contributed by atoms with van der Waals surface area (Å²) in [7, 11) is 1.94. The number of hydrogen-bond acceptors (Lipinski definition) is 1. The van der Waals surface area contributed by atoms with E-state index in [1.54, 1.807) is 0 Å². The lowest BCUT2D eigenvalue weighted by molar-refractivity contribution is 1.15. The zero-order chi connectivity index (χ0) is 22.1. The molecule has 0 amide bonds. The minimum atomic E-state index is 0.799. The summed E-state index contributed by atoms with van der Waals surface area (Å²) >= 11 is 0. The molecule has 3 aromatic rings. The molecule has 0 aromatic heterocycles. The second kappa shape index (κ2) is 8.43. The van der Waals surface area contributed by atoms with Crippen LogP contribution in [0.5, 0.6) is 0 Å². The van der Waals surface area contributed by atoms with E-state index in [9.17, 15) is 0 Å². The molecular formula is C30H31N. The molecule has 0 aliphatic heterocycles. The highest BCUT2D eigenvalue weighted by atomic mass is 14.8. The molecule has 0 atom stereocenters. The van der Waals surface area contributed by atoms with Crippen molar-refractivity contribution in [2.24, 2.45) is 0 Å². The van der Waals surface area contributed by atoms with E-state index in [1.165, 1.54) is 50.1 Å². The van der Waals surface area contributed by atoms with Crippen LogP contribution in [-0.4, -0.2) is 7.05 Å². The Bertz CT molecular complexity index is 1210. The van der Waals surface area contributed by atoms with Crippen LogP contribution in [0.2, 0.25) is 0 Å². The van der Waals surface area contributed by atoms with Crippen molar-refractivity contribution < 1.29 is 0 Å². The standard InChI is InChI=1S/C30H31N/c1-19-10-11-25(16-21(19)3)29-18-26-9-7-8-20(2)30(26)23(5)28(29)17-22(4)24-12-14-27(31-6)15-13-24/h7-16,31H,4-5,17-18H2,1-3,6H3. The second-order valence-corrected chi connectivity index (χ2v) is 8.63. The molecule has 1 aliphatic rings. The Morgan fingerprint density at radius 3 is 2.32 bits per heavy atom. The van der Waals surface area contributed by atoms with Gasteiger partial charge >= 0.3 is 0 Å². The molecular weight excluding hydrogens is 374 g/mol. The number of benzene rings is 3. The first-order chi connectivity index (χ1) is 14.9. The van der Waals surface area contributed by atoms with Crippen LogP contribution in [-0.2, 0) is 6.42 Å². The minimum Gasteiger partial charge on any atom is -0.388 e. The van der Waals surface area contributed by atoms with Gasteiger partial charge in [0.05, 0.1) is 0 Å². The van der Waals surface area contributed by atoms with Gasteiger partial charge in [0.2, 0.25) is 0 Å². The zero-order valence-electron chi connectivity index (χ0n) is 19.1. The van der Waals surface area contributed by atoms with Crippen LogP contribution in [0.25, 0.3) is 16.7 Å². The average molecular weight is 406 g/mol. The maximum Gasteiger partial charge on any atom is 0.0337 e. The molecule has 31 heavy (non-hydrogen) atoms. The number of fused-ring (bicyclic) bond motifs is 1. The molecule has 0 radical (unpaired) electrons. The summed E-state index contributed by atoms with van der Waals surface area (Å²) in [4.78, 5) is 0. The Kier molecular flexibility index (Phi) is 5.69. The summed E-state index contributed by atoms with van der Waals surface area (Å²) in [5, 5.41) is 3.18. The topological polar surface area (TPSA) is 12.0 Å². The Balaban J connectivity index is 1.80. The van der Waals surface area contributed by atoms with Crippen molar-refractivity contribution in [3.8, 4) is 0 Å². The molecule has 1 nitrogen and oxygen atoms in total. The zero-order valence-corrected chi connectivity index (χ0v) is 19.1. The Labute approximate surface area is 186 Å². The van der Waals surface area contributed by atoms with Crippen molar-refractivity contribution in [2.45, 2.75) is 33.6 Å². The lowest BCUT2D eigenvalue weighted by Crippen LogP contribution is -2.10. The SMILES string of the molecule is C=C(CC1=C(c2ccc(C)c(C)c2)Cc2cccc(C)c2C1=C)c1ccc(NC)cc1. The molecule has 0 bridgehead atoms. The van der Waals surface area contributed by atoms with E-state index >= 15 is 0 Å². The van der Waals surface area contributed by atoms with Gasteiger partial charge in [-0.25, -0.2) is 0 Å². The van der Waals surface area contributed by atoms with E-state index in [-0.39, 0.29) is 0 Å². The first-order valence-electron chi connectivity index (χ1n) is 10.9. The summed E-state index contributed by atoms with van der Waals surface area (Å²) in [5.74, 6) is 0. The Hall–Kier alpha value is -3.32. The van der Waals surface area contributed by atoms with Gasteiger partial charge in [0.15, 0.2) is 0 Å². The van der Waals surface area contributed by atoms with E-state index in [1.807, 2.05) is 7.05 Å². The smallest absolute Gasteiger partial charge is 0.0337 e. The van der Waals surface area contributed by atoms with E-state index in [2.05, 4.69) is 99.9 Å². The molecule has 3 aromatic carbocycles. The van der Waals surface area contributed by atoms with E-state index < -0.39 is 0 Å². The fraction of sp³-hybridized carbons (Fsp3) is 0.200. The third-order valence-corrected chi connectivity index (χ3v) is 6.58. The molecule has 0 heterocycles. The van der Waals surface area contributed by atoms with Gasteiger partial charge in [0, 0.05) is 12.7 Å². The van der Waals surface area contributed by atoms with Crippen LogP contribution in [0.4, 0.5) is 5.69 Å². The number of aryl methyl sites for hydroxylation is 3. The minimum absolute atomic E-state index is 0.799. The van der Waals surface area contributed by atoms with Gasteiger partial charge in [-0.1, -0.05) is 61.7 Å². The fourth-order valence-corrected chi connectivity index (χ4v) is 4.54. The van der Waals surface area contributed by atoms with Gasteiger partial charge in [-0.05, 0) is 107 Å². The van der Waals surface area contributed by atoms with Crippen molar-refractivity contribution in [3.05, 3.63) is 118 Å². The normalized spacial score (nSPS) is 13.2. The largest absolute Gasteiger partial charge is 0.388 e. The maximum atomic E-state index is 4.58. The third kappa shape index (κ3) is 4.01. The molecule has 0 unspecified atom stereocenters. The van der Waals surface area contributed by atoms with Gasteiger partial charge in [-0.2, -0.15) is 0 Å². The van der Waals surface area contributed by atoms with Crippen LogP contribution in [0.1, 0.15) is 45.4 Å². The summed E-state index contributed by atoms with van der Waals surface area (Å²) < 4.78 is 0. The van der Waals surface area contributed by atoms with Gasteiger partial charge in [0.25, 0.3) is 0 Å². The van der Waals surface area contributed by atoms with Crippen molar-refractivity contribution in [2.75, 3.05) is 12.4 Å². The monoisotopic (exact) mass is 405 g/mol. The second-order valence-electron chi connectivity index (χ2n) is 8.63. The Morgan fingerprint density at radius 2 is 1.65 bits per heavy atom. The van der Waals surface area contributed by atoms with Crippen molar-refractivity contribution >= 4 is 22.4 Å². The lowest BCUT2D eigenvalue weighted by Gasteiger charge is -2.28. The van der Waals surface area contributed by atoms with Gasteiger partial charge < -0.3 is 5.32 Å². The number of anilines is 1. The molecule has 0 saturated carbocycles. The first kappa shape index (κ1) is 20.9. The van der Waals surface area contributed by atoms with Crippen LogP contribution >= 0.6 is 0 Å². The maximum absolute atomic E-state index is 4.58. The van der Waals surface area contributed by atoms with Crippen molar-refractivity contribution in [3.63, 3.8) is 0 Å². The molecule has 1 N–H and O–H groups in total. The fourth-order valence-electron chi connectivity index (χ4n) is 4.54.